The number of thioether (sulfide) groups is 1. The minimum Gasteiger partial charge on any atom is -0.300 e. The smallest absolute Gasteiger partial charge is 0.257 e. The number of halogens is 1. The van der Waals surface area contributed by atoms with Crippen molar-refractivity contribution in [1.29, 1.82) is 0 Å². The van der Waals surface area contributed by atoms with E-state index in [9.17, 15) is 9.59 Å². The Labute approximate surface area is 169 Å². The standard InChI is InChI=1S/C14H11BrN6O2S3/c1-7-18-19-12(25-7)16-10(22)6-24-14-21-20-13(26-14)17-11(23)8-2-4-9(15)5-3-8/h2-5H,6H2,1H3,(H,16,19,22)(H,17,20,23). The number of carbonyl (C=O) groups is 2. The molecule has 0 atom stereocenters. The first-order valence-corrected chi connectivity index (χ1v) is 10.5. The van der Waals surface area contributed by atoms with Gasteiger partial charge < -0.3 is 0 Å². The molecule has 0 unspecified atom stereocenters. The SMILES string of the molecule is Cc1nnc(NC(=O)CSc2nnc(NC(=O)c3ccc(Br)cc3)s2)s1. The number of nitrogens with one attached hydrogen (secondary N) is 2. The van der Waals surface area contributed by atoms with Crippen molar-refractivity contribution in [3.63, 3.8) is 0 Å². The van der Waals surface area contributed by atoms with Gasteiger partial charge in [-0.25, -0.2) is 0 Å². The van der Waals surface area contributed by atoms with Crippen molar-refractivity contribution in [3.8, 4) is 0 Å². The van der Waals surface area contributed by atoms with E-state index in [0.29, 0.717) is 20.2 Å². The number of aryl methyl sites for hydroxylation is 1. The van der Waals surface area contributed by atoms with Gasteiger partial charge in [0.1, 0.15) is 5.01 Å². The van der Waals surface area contributed by atoms with E-state index in [2.05, 4.69) is 47.0 Å². The van der Waals surface area contributed by atoms with Gasteiger partial charge >= 0.3 is 0 Å². The molecule has 3 rings (SSSR count). The molecule has 0 radical (unpaired) electrons. The number of benzene rings is 1. The maximum atomic E-state index is 12.1. The summed E-state index contributed by atoms with van der Waals surface area (Å²) in [7, 11) is 0. The molecule has 0 spiro atoms. The van der Waals surface area contributed by atoms with Crippen LogP contribution in [0.3, 0.4) is 0 Å². The summed E-state index contributed by atoms with van der Waals surface area (Å²) in [6.45, 7) is 1.81. The highest BCUT2D eigenvalue weighted by atomic mass is 79.9. The van der Waals surface area contributed by atoms with Gasteiger partial charge in [0.15, 0.2) is 4.34 Å². The Bertz CT molecular complexity index is 927. The van der Waals surface area contributed by atoms with Crippen LogP contribution in [0.5, 0.6) is 0 Å². The number of amides is 2. The highest BCUT2D eigenvalue weighted by Crippen LogP contribution is 2.26. The average Bonchev–Trinajstić information content (AvgIpc) is 3.22. The van der Waals surface area contributed by atoms with Crippen LogP contribution in [0.2, 0.25) is 0 Å². The third kappa shape index (κ3) is 5.30. The first-order chi connectivity index (χ1) is 12.5. The van der Waals surface area contributed by atoms with Crippen LogP contribution in [0.1, 0.15) is 15.4 Å². The topological polar surface area (TPSA) is 110 Å². The van der Waals surface area contributed by atoms with E-state index in [-0.39, 0.29) is 17.6 Å². The Hall–Kier alpha value is -1.89. The van der Waals surface area contributed by atoms with Gasteiger partial charge in [0.05, 0.1) is 5.75 Å². The molecule has 3 aromatic rings. The lowest BCUT2D eigenvalue weighted by atomic mass is 10.2. The summed E-state index contributed by atoms with van der Waals surface area (Å²) in [6.07, 6.45) is 0. The van der Waals surface area contributed by atoms with E-state index < -0.39 is 0 Å². The van der Waals surface area contributed by atoms with Crippen LogP contribution in [0.15, 0.2) is 33.1 Å². The summed E-state index contributed by atoms with van der Waals surface area (Å²) in [4.78, 5) is 24.0. The van der Waals surface area contributed by atoms with Crippen molar-refractivity contribution in [1.82, 2.24) is 20.4 Å². The largest absolute Gasteiger partial charge is 0.300 e. The Kier molecular flexibility index (Phi) is 6.29. The summed E-state index contributed by atoms with van der Waals surface area (Å²) in [5.74, 6) is -0.315. The molecule has 8 nitrogen and oxygen atoms in total. The molecule has 12 heteroatoms. The fourth-order valence-corrected chi connectivity index (χ4v) is 4.14. The number of rotatable bonds is 6. The van der Waals surface area contributed by atoms with Crippen LogP contribution in [-0.2, 0) is 4.79 Å². The molecular weight excluding hydrogens is 460 g/mol. The lowest BCUT2D eigenvalue weighted by Gasteiger charge is -2.00. The number of carbonyl (C=O) groups excluding carboxylic acids is 2. The zero-order valence-corrected chi connectivity index (χ0v) is 17.3. The van der Waals surface area contributed by atoms with Gasteiger partial charge in [-0.1, -0.05) is 50.4 Å². The number of nitrogens with zero attached hydrogens (tertiary/aromatic N) is 4. The highest BCUT2D eigenvalue weighted by Gasteiger charge is 2.12. The van der Waals surface area contributed by atoms with Gasteiger partial charge in [0, 0.05) is 10.0 Å². The number of hydrogen-bond donors (Lipinski definition) is 2. The lowest BCUT2D eigenvalue weighted by molar-refractivity contribution is -0.113. The van der Waals surface area contributed by atoms with E-state index >= 15 is 0 Å². The Morgan fingerprint density at radius 3 is 2.42 bits per heavy atom. The van der Waals surface area contributed by atoms with Gasteiger partial charge in [-0.05, 0) is 31.2 Å². The number of aromatic nitrogens is 4. The molecule has 0 aliphatic carbocycles. The van der Waals surface area contributed by atoms with Crippen molar-refractivity contribution in [2.45, 2.75) is 11.3 Å². The van der Waals surface area contributed by atoms with Crippen LogP contribution >= 0.6 is 50.4 Å². The maximum Gasteiger partial charge on any atom is 0.257 e. The molecular formula is C14H11BrN6O2S3. The van der Waals surface area contributed by atoms with Gasteiger partial charge in [0.2, 0.25) is 16.2 Å². The Morgan fingerprint density at radius 2 is 1.73 bits per heavy atom. The summed E-state index contributed by atoms with van der Waals surface area (Å²) < 4.78 is 1.48. The molecule has 2 N–H and O–H groups in total. The second-order valence-electron chi connectivity index (χ2n) is 4.80. The predicted octanol–water partition coefficient (Wildman–Crippen LogP) is 3.44. The van der Waals surface area contributed by atoms with Crippen LogP contribution in [0.4, 0.5) is 10.3 Å². The Morgan fingerprint density at radius 1 is 1.04 bits per heavy atom. The lowest BCUT2D eigenvalue weighted by Crippen LogP contribution is -2.13. The quantitative estimate of drug-likeness (QED) is 0.419. The fraction of sp³-hybridized carbons (Fsp3) is 0.143. The predicted molar refractivity (Wildman–Crippen MR) is 106 cm³/mol. The molecule has 26 heavy (non-hydrogen) atoms. The zero-order chi connectivity index (χ0) is 18.5. The molecule has 0 fully saturated rings. The molecule has 134 valence electrons. The molecule has 1 aromatic carbocycles. The summed E-state index contributed by atoms with van der Waals surface area (Å²) in [5, 5.41) is 22.5. The average molecular weight is 471 g/mol. The Balaban J connectivity index is 1.50. The molecule has 0 bridgehead atoms. The third-order valence-electron chi connectivity index (χ3n) is 2.83. The second kappa shape index (κ2) is 8.66. The molecule has 2 amide bonds. The normalized spacial score (nSPS) is 10.5. The molecule has 2 heterocycles. The van der Waals surface area contributed by atoms with Gasteiger partial charge in [0.25, 0.3) is 5.91 Å². The summed E-state index contributed by atoms with van der Waals surface area (Å²) >= 11 is 7.07. The minimum absolute atomic E-state index is 0.161. The molecule has 0 aliphatic heterocycles. The van der Waals surface area contributed by atoms with Crippen molar-refractivity contribution >= 4 is 72.4 Å². The van der Waals surface area contributed by atoms with Gasteiger partial charge in [-0.15, -0.1) is 20.4 Å². The van der Waals surface area contributed by atoms with Crippen molar-refractivity contribution in [3.05, 3.63) is 39.3 Å². The number of hydrogen-bond acceptors (Lipinski definition) is 9. The van der Waals surface area contributed by atoms with Crippen LogP contribution in [0, 0.1) is 6.92 Å². The molecule has 0 saturated carbocycles. The van der Waals surface area contributed by atoms with Crippen molar-refractivity contribution < 1.29 is 9.59 Å². The van der Waals surface area contributed by atoms with E-state index in [1.54, 1.807) is 24.3 Å². The summed E-state index contributed by atoms with van der Waals surface area (Å²) in [5.41, 5.74) is 0.518. The van der Waals surface area contributed by atoms with Gasteiger partial charge in [-0.3, -0.25) is 20.2 Å². The minimum atomic E-state index is -0.269. The maximum absolute atomic E-state index is 12.1. The molecule has 2 aromatic heterocycles. The van der Waals surface area contributed by atoms with Crippen molar-refractivity contribution in [2.24, 2.45) is 0 Å². The molecule has 0 aliphatic rings. The fourth-order valence-electron chi connectivity index (χ4n) is 1.72. The van der Waals surface area contributed by atoms with E-state index in [1.807, 2.05) is 6.92 Å². The monoisotopic (exact) mass is 470 g/mol. The summed E-state index contributed by atoms with van der Waals surface area (Å²) in [6, 6.07) is 6.98. The highest BCUT2D eigenvalue weighted by molar-refractivity contribution is 9.10. The van der Waals surface area contributed by atoms with Crippen LogP contribution in [-0.4, -0.2) is 38.0 Å². The van der Waals surface area contributed by atoms with Crippen molar-refractivity contribution in [2.75, 3.05) is 16.4 Å². The van der Waals surface area contributed by atoms with E-state index in [4.69, 9.17) is 0 Å². The first kappa shape index (κ1) is 18.9. The van der Waals surface area contributed by atoms with E-state index in [1.165, 1.54) is 34.4 Å². The van der Waals surface area contributed by atoms with Crippen LogP contribution in [0.25, 0.3) is 0 Å². The third-order valence-corrected chi connectivity index (χ3v) is 6.09. The zero-order valence-electron chi connectivity index (χ0n) is 13.2. The second-order valence-corrected chi connectivity index (χ2v) is 9.09. The number of anilines is 2. The van der Waals surface area contributed by atoms with E-state index in [0.717, 1.165) is 9.48 Å². The van der Waals surface area contributed by atoms with Crippen LogP contribution < -0.4 is 10.6 Å². The first-order valence-electron chi connectivity index (χ1n) is 7.13. The van der Waals surface area contributed by atoms with Gasteiger partial charge in [-0.2, -0.15) is 0 Å². The molecule has 0 saturated heterocycles.